The third-order valence-corrected chi connectivity index (χ3v) is 3.25. The van der Waals surface area contributed by atoms with Crippen LogP contribution in [0.5, 0.6) is 0 Å². The zero-order valence-corrected chi connectivity index (χ0v) is 10.8. The van der Waals surface area contributed by atoms with Crippen LogP contribution in [-0.4, -0.2) is 30.4 Å². The summed E-state index contributed by atoms with van der Waals surface area (Å²) < 4.78 is 1.26. The van der Waals surface area contributed by atoms with Gasteiger partial charge in [0.05, 0.1) is 10.6 Å². The lowest BCUT2D eigenvalue weighted by atomic mass is 10.1. The Labute approximate surface area is 117 Å². The van der Waals surface area contributed by atoms with Gasteiger partial charge in [-0.2, -0.15) is 9.90 Å². The molecule has 2 aromatic heterocycles. The maximum Gasteiger partial charge on any atom is 0.291 e. The zero-order chi connectivity index (χ0) is 14.2. The molecular weight excluding hydrogens is 268 g/mol. The summed E-state index contributed by atoms with van der Waals surface area (Å²) in [7, 11) is 0. The first-order valence-corrected chi connectivity index (χ1v) is 6.36. The molecule has 0 spiro atoms. The number of H-pyrrole nitrogens is 2. The Kier molecular flexibility index (Phi) is 2.43. The molecule has 0 atom stereocenters. The van der Waals surface area contributed by atoms with Crippen LogP contribution in [0.3, 0.4) is 0 Å². The molecule has 1 aromatic carbocycles. The van der Waals surface area contributed by atoms with Crippen molar-refractivity contribution in [2.75, 3.05) is 0 Å². The molecule has 1 aliphatic carbocycles. The number of hydrogen-bond donors (Lipinski definition) is 2. The van der Waals surface area contributed by atoms with Gasteiger partial charge in [0.2, 0.25) is 0 Å². The van der Waals surface area contributed by atoms with Gasteiger partial charge in [0, 0.05) is 0 Å². The predicted molar refractivity (Wildman–Crippen MR) is 76.7 cm³/mol. The molecule has 2 N–H and O–H groups in total. The van der Waals surface area contributed by atoms with Crippen molar-refractivity contribution in [2.24, 2.45) is 0 Å². The molecule has 3 aromatic rings. The van der Waals surface area contributed by atoms with Gasteiger partial charge < -0.3 is 0 Å². The Morgan fingerprint density at radius 1 is 1.14 bits per heavy atom. The largest absolute Gasteiger partial charge is 0.291 e. The first-order chi connectivity index (χ1) is 10.3. The quantitative estimate of drug-likeness (QED) is 0.650. The molecule has 0 radical (unpaired) electrons. The van der Waals surface area contributed by atoms with E-state index in [4.69, 9.17) is 0 Å². The molecule has 7 nitrogen and oxygen atoms in total. The summed E-state index contributed by atoms with van der Waals surface area (Å²) in [6.07, 6.45) is 5.78. The van der Waals surface area contributed by atoms with Gasteiger partial charge in [-0.25, -0.2) is 0 Å². The molecule has 102 valence electrons. The number of nitrogens with zero attached hydrogens (tertiary/aromatic N) is 4. The van der Waals surface area contributed by atoms with Gasteiger partial charge in [-0.3, -0.25) is 9.89 Å². The smallest absolute Gasteiger partial charge is 0.288 e. The van der Waals surface area contributed by atoms with Crippen molar-refractivity contribution in [2.45, 2.75) is 0 Å². The number of hydrogen-bond acceptors (Lipinski definition) is 4. The Morgan fingerprint density at radius 2 is 2.00 bits per heavy atom. The molecule has 4 rings (SSSR count). The number of nitrogens with one attached hydrogen (secondary N) is 2. The topological polar surface area (TPSA) is 92.2 Å². The fourth-order valence-electron chi connectivity index (χ4n) is 2.31. The van der Waals surface area contributed by atoms with Crippen molar-refractivity contribution >= 4 is 18.2 Å². The highest BCUT2D eigenvalue weighted by atomic mass is 16.1. The Bertz CT molecular complexity index is 992. The number of aromatic amines is 2. The van der Waals surface area contributed by atoms with E-state index < -0.39 is 0 Å². The Balaban J connectivity index is 1.82. The van der Waals surface area contributed by atoms with E-state index in [9.17, 15) is 4.79 Å². The standard InChI is InChI=1S/C14H10N6O/c21-13-11-7-10(6-9-4-2-1-3-5-9)8-12(11)17-20(13)14-15-18-19-16-14/h1-8,17H,(H,15,16,18,19). The molecule has 1 aliphatic rings. The van der Waals surface area contributed by atoms with E-state index in [2.05, 4.69) is 25.7 Å². The summed E-state index contributed by atoms with van der Waals surface area (Å²) in [5, 5.41) is 17.7. The minimum atomic E-state index is -0.195. The SMILES string of the molecule is O=c1c2c([nH]n1-c1nn[nH]n1)=CC(=Cc1ccccc1)C=2. The summed E-state index contributed by atoms with van der Waals surface area (Å²) >= 11 is 0. The highest BCUT2D eigenvalue weighted by Crippen LogP contribution is 2.09. The minimum Gasteiger partial charge on any atom is -0.288 e. The van der Waals surface area contributed by atoms with E-state index in [-0.39, 0.29) is 11.5 Å². The number of rotatable bonds is 2. The predicted octanol–water partition coefficient (Wildman–Crippen LogP) is -0.663. The molecule has 7 heteroatoms. The van der Waals surface area contributed by atoms with Gasteiger partial charge in [-0.05, 0) is 34.6 Å². The Morgan fingerprint density at radius 3 is 2.71 bits per heavy atom. The molecule has 0 aliphatic heterocycles. The van der Waals surface area contributed by atoms with E-state index >= 15 is 0 Å². The van der Waals surface area contributed by atoms with Crippen molar-refractivity contribution in [3.8, 4) is 5.95 Å². The highest BCUT2D eigenvalue weighted by Gasteiger charge is 2.12. The second kappa shape index (κ2) is 4.41. The normalized spacial score (nSPS) is 14.8. The monoisotopic (exact) mass is 278 g/mol. The van der Waals surface area contributed by atoms with Crippen LogP contribution in [0.4, 0.5) is 0 Å². The van der Waals surface area contributed by atoms with E-state index in [1.54, 1.807) is 0 Å². The van der Waals surface area contributed by atoms with Gasteiger partial charge in [0.25, 0.3) is 11.5 Å². The molecule has 2 heterocycles. The van der Waals surface area contributed by atoms with E-state index in [0.717, 1.165) is 16.5 Å². The molecular formula is C14H10N6O. The first kappa shape index (κ1) is 11.6. The summed E-state index contributed by atoms with van der Waals surface area (Å²) in [5.74, 6) is 0.199. The van der Waals surface area contributed by atoms with Crippen molar-refractivity contribution < 1.29 is 0 Å². The van der Waals surface area contributed by atoms with Crippen LogP contribution >= 0.6 is 0 Å². The average molecular weight is 278 g/mol. The second-order valence-corrected chi connectivity index (χ2v) is 4.64. The van der Waals surface area contributed by atoms with Crippen molar-refractivity contribution in [1.82, 2.24) is 30.4 Å². The lowest BCUT2D eigenvalue weighted by Crippen LogP contribution is -2.32. The van der Waals surface area contributed by atoms with E-state index in [1.165, 1.54) is 4.68 Å². The zero-order valence-electron chi connectivity index (χ0n) is 10.8. The van der Waals surface area contributed by atoms with E-state index in [0.29, 0.717) is 5.22 Å². The van der Waals surface area contributed by atoms with Crippen LogP contribution in [0.15, 0.2) is 40.7 Å². The molecule has 0 unspecified atom stereocenters. The molecule has 0 amide bonds. The van der Waals surface area contributed by atoms with Crippen molar-refractivity contribution in [3.05, 3.63) is 62.4 Å². The van der Waals surface area contributed by atoms with E-state index in [1.807, 2.05) is 48.6 Å². The number of tetrazole rings is 1. The van der Waals surface area contributed by atoms with Gasteiger partial charge in [-0.1, -0.05) is 35.4 Å². The molecule has 21 heavy (non-hydrogen) atoms. The summed E-state index contributed by atoms with van der Waals surface area (Å²) in [6, 6.07) is 9.95. The molecule has 0 bridgehead atoms. The first-order valence-electron chi connectivity index (χ1n) is 6.36. The van der Waals surface area contributed by atoms with Crippen LogP contribution in [0.1, 0.15) is 5.56 Å². The van der Waals surface area contributed by atoms with Crippen LogP contribution in [-0.2, 0) is 0 Å². The van der Waals surface area contributed by atoms with Crippen molar-refractivity contribution in [3.63, 3.8) is 0 Å². The number of fused-ring (bicyclic) bond motifs is 1. The summed E-state index contributed by atoms with van der Waals surface area (Å²) in [6.45, 7) is 0. The van der Waals surface area contributed by atoms with Crippen LogP contribution < -0.4 is 16.1 Å². The third kappa shape index (κ3) is 1.91. The van der Waals surface area contributed by atoms with Gasteiger partial charge in [0.1, 0.15) is 0 Å². The number of benzene rings is 1. The Hall–Kier alpha value is -3.22. The number of allylic oxidation sites excluding steroid dienone is 1. The van der Waals surface area contributed by atoms with Gasteiger partial charge in [0.15, 0.2) is 0 Å². The maximum atomic E-state index is 12.3. The van der Waals surface area contributed by atoms with Gasteiger partial charge >= 0.3 is 0 Å². The minimum absolute atomic E-state index is 0.195. The average Bonchev–Trinajstić information content (AvgIpc) is 3.19. The fourth-order valence-corrected chi connectivity index (χ4v) is 2.31. The van der Waals surface area contributed by atoms with Crippen LogP contribution in [0.2, 0.25) is 0 Å². The highest BCUT2D eigenvalue weighted by molar-refractivity contribution is 5.80. The maximum absolute atomic E-state index is 12.3. The molecule has 0 saturated heterocycles. The summed E-state index contributed by atoms with van der Waals surface area (Å²) in [4.78, 5) is 12.3. The molecule has 0 saturated carbocycles. The third-order valence-electron chi connectivity index (χ3n) is 3.25. The van der Waals surface area contributed by atoms with Crippen LogP contribution in [0, 0.1) is 0 Å². The van der Waals surface area contributed by atoms with Crippen LogP contribution in [0.25, 0.3) is 24.2 Å². The lowest BCUT2D eigenvalue weighted by molar-refractivity contribution is 0.778. The van der Waals surface area contributed by atoms with Gasteiger partial charge in [-0.15, -0.1) is 5.10 Å². The second-order valence-electron chi connectivity index (χ2n) is 4.64. The lowest BCUT2D eigenvalue weighted by Gasteiger charge is -1.94. The van der Waals surface area contributed by atoms with Crippen molar-refractivity contribution in [1.29, 1.82) is 0 Å². The molecule has 0 fully saturated rings. The number of aromatic nitrogens is 6. The fraction of sp³-hybridized carbons (Fsp3) is 0. The summed E-state index contributed by atoms with van der Waals surface area (Å²) in [5.41, 5.74) is 1.86.